The van der Waals surface area contributed by atoms with Gasteiger partial charge in [0.1, 0.15) is 0 Å². The van der Waals surface area contributed by atoms with E-state index in [9.17, 15) is 13.2 Å². The summed E-state index contributed by atoms with van der Waals surface area (Å²) in [5, 5.41) is 2.85. The summed E-state index contributed by atoms with van der Waals surface area (Å²) in [5.74, 6) is 0. The number of anilines is 1. The Bertz CT molecular complexity index is 393. The van der Waals surface area contributed by atoms with Crippen LogP contribution in [0.5, 0.6) is 0 Å². The van der Waals surface area contributed by atoms with Gasteiger partial charge in [-0.25, -0.2) is 0 Å². The molecule has 0 radical (unpaired) electrons. The van der Waals surface area contributed by atoms with Gasteiger partial charge < -0.3 is 5.32 Å². The number of hydrogen-bond donors (Lipinski definition) is 1. The maximum Gasteiger partial charge on any atom is 0.418 e. The Balaban J connectivity index is 2.60. The van der Waals surface area contributed by atoms with E-state index >= 15 is 0 Å². The largest absolute Gasteiger partial charge is 0.418 e. The molecule has 1 nitrogen and oxygen atoms in total. The first-order chi connectivity index (χ1) is 6.82. The standard InChI is InChI=1S/C11H12F3N/c1-10(2)6-15-9-7(10)4-3-5-8(9)11(12,13)14/h3-5,15H,6H2,1-2H3. The highest BCUT2D eigenvalue weighted by molar-refractivity contribution is 5.65. The SMILES string of the molecule is CC1(C)CNc2c(C(F)(F)F)cccc21. The highest BCUT2D eigenvalue weighted by Crippen LogP contribution is 2.43. The summed E-state index contributed by atoms with van der Waals surface area (Å²) in [5.41, 5.74) is 0.203. The number of para-hydroxylation sites is 1. The zero-order valence-electron chi connectivity index (χ0n) is 8.57. The topological polar surface area (TPSA) is 12.0 Å². The molecule has 0 aromatic heterocycles. The molecule has 0 saturated heterocycles. The molecule has 1 aromatic rings. The van der Waals surface area contributed by atoms with Gasteiger partial charge in [0.25, 0.3) is 0 Å². The number of nitrogens with one attached hydrogen (secondary N) is 1. The molecule has 15 heavy (non-hydrogen) atoms. The molecule has 82 valence electrons. The van der Waals surface area contributed by atoms with Gasteiger partial charge in [-0.2, -0.15) is 13.2 Å². The first kappa shape index (κ1) is 10.3. The average molecular weight is 215 g/mol. The van der Waals surface area contributed by atoms with Crippen LogP contribution in [0.2, 0.25) is 0 Å². The Kier molecular flexibility index (Phi) is 2.00. The minimum Gasteiger partial charge on any atom is -0.383 e. The molecule has 1 aromatic carbocycles. The van der Waals surface area contributed by atoms with E-state index in [1.54, 1.807) is 6.07 Å². The molecule has 0 aliphatic carbocycles. The number of rotatable bonds is 0. The minimum atomic E-state index is -4.28. The molecule has 1 aliphatic rings. The second-order valence-electron chi connectivity index (χ2n) is 4.46. The quantitative estimate of drug-likeness (QED) is 0.699. The predicted octanol–water partition coefficient (Wildman–Crippen LogP) is 3.41. The van der Waals surface area contributed by atoms with Crippen molar-refractivity contribution in [2.24, 2.45) is 0 Å². The second kappa shape index (κ2) is 2.90. The lowest BCUT2D eigenvalue weighted by molar-refractivity contribution is -0.136. The van der Waals surface area contributed by atoms with E-state index in [0.29, 0.717) is 6.54 Å². The molecule has 0 spiro atoms. The third-order valence-corrected chi connectivity index (χ3v) is 2.81. The number of benzene rings is 1. The number of alkyl halides is 3. The smallest absolute Gasteiger partial charge is 0.383 e. The Morgan fingerprint density at radius 1 is 1.27 bits per heavy atom. The normalized spacial score (nSPS) is 18.5. The van der Waals surface area contributed by atoms with Gasteiger partial charge in [-0.15, -0.1) is 0 Å². The van der Waals surface area contributed by atoms with Crippen molar-refractivity contribution in [3.8, 4) is 0 Å². The van der Waals surface area contributed by atoms with E-state index < -0.39 is 11.7 Å². The van der Waals surface area contributed by atoms with Gasteiger partial charge in [0.15, 0.2) is 0 Å². The zero-order valence-corrected chi connectivity index (χ0v) is 8.57. The molecule has 4 heteroatoms. The van der Waals surface area contributed by atoms with Crippen molar-refractivity contribution >= 4 is 5.69 Å². The Morgan fingerprint density at radius 2 is 1.93 bits per heavy atom. The van der Waals surface area contributed by atoms with Crippen LogP contribution in [0.4, 0.5) is 18.9 Å². The molecule has 0 bridgehead atoms. The van der Waals surface area contributed by atoms with Gasteiger partial charge >= 0.3 is 6.18 Å². The second-order valence-corrected chi connectivity index (χ2v) is 4.46. The molecule has 1 N–H and O–H groups in total. The van der Waals surface area contributed by atoms with E-state index in [1.807, 2.05) is 13.8 Å². The van der Waals surface area contributed by atoms with Crippen molar-refractivity contribution in [3.05, 3.63) is 29.3 Å². The summed E-state index contributed by atoms with van der Waals surface area (Å²) in [6, 6.07) is 4.34. The zero-order chi connectivity index (χ0) is 11.3. The van der Waals surface area contributed by atoms with Gasteiger partial charge in [-0.05, 0) is 11.6 Å². The minimum absolute atomic E-state index is 0.226. The van der Waals surface area contributed by atoms with E-state index in [0.717, 1.165) is 11.6 Å². The maximum absolute atomic E-state index is 12.7. The van der Waals surface area contributed by atoms with Crippen molar-refractivity contribution in [3.63, 3.8) is 0 Å². The van der Waals surface area contributed by atoms with Crippen LogP contribution in [0, 0.1) is 0 Å². The third-order valence-electron chi connectivity index (χ3n) is 2.81. The molecule has 1 aliphatic heterocycles. The monoisotopic (exact) mass is 215 g/mol. The number of hydrogen-bond acceptors (Lipinski definition) is 1. The summed E-state index contributed by atoms with van der Waals surface area (Å²) in [6.07, 6.45) is -4.28. The van der Waals surface area contributed by atoms with Crippen molar-refractivity contribution in [1.29, 1.82) is 0 Å². The van der Waals surface area contributed by atoms with Crippen LogP contribution in [-0.2, 0) is 11.6 Å². The van der Waals surface area contributed by atoms with E-state index in [-0.39, 0.29) is 11.1 Å². The first-order valence-corrected chi connectivity index (χ1v) is 4.77. The van der Waals surface area contributed by atoms with Gasteiger partial charge in [-0.3, -0.25) is 0 Å². The summed E-state index contributed by atoms with van der Waals surface area (Å²) in [6.45, 7) is 4.42. The third kappa shape index (κ3) is 1.58. The van der Waals surface area contributed by atoms with Gasteiger partial charge in [-0.1, -0.05) is 26.0 Å². The highest BCUT2D eigenvalue weighted by atomic mass is 19.4. The van der Waals surface area contributed by atoms with E-state index in [2.05, 4.69) is 5.32 Å². The molecule has 0 amide bonds. The number of halogens is 3. The molecule has 0 fully saturated rings. The van der Waals surface area contributed by atoms with Crippen molar-refractivity contribution in [1.82, 2.24) is 0 Å². The Morgan fingerprint density at radius 3 is 2.53 bits per heavy atom. The number of fused-ring (bicyclic) bond motifs is 1. The van der Waals surface area contributed by atoms with Crippen LogP contribution in [0.15, 0.2) is 18.2 Å². The summed E-state index contributed by atoms with van der Waals surface area (Å²) in [4.78, 5) is 0. The van der Waals surface area contributed by atoms with Gasteiger partial charge in [0.05, 0.1) is 11.3 Å². The van der Waals surface area contributed by atoms with Crippen molar-refractivity contribution in [2.45, 2.75) is 25.4 Å². The first-order valence-electron chi connectivity index (χ1n) is 4.77. The van der Waals surface area contributed by atoms with Crippen LogP contribution in [0.1, 0.15) is 25.0 Å². The Labute approximate surface area is 86.3 Å². The lowest BCUT2D eigenvalue weighted by Crippen LogP contribution is -2.18. The van der Waals surface area contributed by atoms with Crippen LogP contribution < -0.4 is 5.32 Å². The van der Waals surface area contributed by atoms with Gasteiger partial charge in [0, 0.05) is 12.0 Å². The van der Waals surface area contributed by atoms with Crippen LogP contribution in [0.3, 0.4) is 0 Å². The highest BCUT2D eigenvalue weighted by Gasteiger charge is 2.39. The maximum atomic E-state index is 12.7. The van der Waals surface area contributed by atoms with Crippen molar-refractivity contribution < 1.29 is 13.2 Å². The average Bonchev–Trinajstić information content (AvgIpc) is 2.41. The molecule has 1 heterocycles. The molecule has 2 rings (SSSR count). The summed E-state index contributed by atoms with van der Waals surface area (Å²) in [7, 11) is 0. The van der Waals surface area contributed by atoms with Gasteiger partial charge in [0.2, 0.25) is 0 Å². The summed E-state index contributed by atoms with van der Waals surface area (Å²) < 4.78 is 38.0. The fourth-order valence-corrected chi connectivity index (χ4v) is 1.95. The van der Waals surface area contributed by atoms with Crippen LogP contribution in [0.25, 0.3) is 0 Å². The molecular formula is C11H12F3N. The Hall–Kier alpha value is -1.19. The molecule has 0 unspecified atom stereocenters. The van der Waals surface area contributed by atoms with Crippen molar-refractivity contribution in [2.75, 3.05) is 11.9 Å². The van der Waals surface area contributed by atoms with Crippen LogP contribution in [-0.4, -0.2) is 6.54 Å². The van der Waals surface area contributed by atoms with E-state index in [4.69, 9.17) is 0 Å². The van der Waals surface area contributed by atoms with E-state index in [1.165, 1.54) is 6.07 Å². The predicted molar refractivity (Wildman–Crippen MR) is 53.0 cm³/mol. The lowest BCUT2D eigenvalue weighted by Gasteiger charge is -2.17. The molecular weight excluding hydrogens is 203 g/mol. The lowest BCUT2D eigenvalue weighted by atomic mass is 9.86. The fourth-order valence-electron chi connectivity index (χ4n) is 1.95. The fraction of sp³-hybridized carbons (Fsp3) is 0.455. The summed E-state index contributed by atoms with van der Waals surface area (Å²) >= 11 is 0. The molecule has 0 atom stereocenters. The molecule has 0 saturated carbocycles. The van der Waals surface area contributed by atoms with Crippen LogP contribution >= 0.6 is 0 Å².